The molecule has 3 aromatic rings. The highest BCUT2D eigenvalue weighted by molar-refractivity contribution is 5.88. The van der Waals surface area contributed by atoms with Crippen LogP contribution in [0.4, 0.5) is 14.6 Å². The SMILES string of the molecule is Cc1c(-c2cc(C(F)F)c(NC3CC4CN(CC5CCOCC5)CC4C3)nn2)ccc2nn(C)cc12. The summed E-state index contributed by atoms with van der Waals surface area (Å²) in [5.74, 6) is 2.21. The van der Waals surface area contributed by atoms with Crippen LogP contribution in [0.1, 0.15) is 43.2 Å². The van der Waals surface area contributed by atoms with Crippen LogP contribution in [0.15, 0.2) is 24.4 Å². The van der Waals surface area contributed by atoms with Gasteiger partial charge in [0.05, 0.1) is 16.8 Å². The molecule has 0 radical (unpaired) electrons. The summed E-state index contributed by atoms with van der Waals surface area (Å²) >= 11 is 0. The van der Waals surface area contributed by atoms with E-state index < -0.39 is 6.43 Å². The van der Waals surface area contributed by atoms with E-state index in [1.54, 1.807) is 4.68 Å². The van der Waals surface area contributed by atoms with E-state index in [1.807, 2.05) is 32.3 Å². The van der Waals surface area contributed by atoms with Crippen molar-refractivity contribution in [2.45, 2.75) is 45.1 Å². The second-order valence-electron chi connectivity index (χ2n) is 10.9. The number of rotatable bonds is 6. The molecular weight excluding hydrogens is 462 g/mol. The molecule has 7 nitrogen and oxygen atoms in total. The molecule has 2 unspecified atom stereocenters. The molecule has 1 aliphatic carbocycles. The van der Waals surface area contributed by atoms with Crippen molar-refractivity contribution in [3.63, 3.8) is 0 Å². The molecule has 2 aromatic heterocycles. The molecule has 6 rings (SSSR count). The van der Waals surface area contributed by atoms with Crippen molar-refractivity contribution in [3.8, 4) is 11.3 Å². The van der Waals surface area contributed by atoms with Gasteiger partial charge < -0.3 is 15.0 Å². The molecule has 2 aliphatic heterocycles. The number of hydrogen-bond donors (Lipinski definition) is 1. The highest BCUT2D eigenvalue weighted by Gasteiger charge is 2.41. The number of alkyl halides is 2. The Hall–Kier alpha value is -2.65. The third-order valence-electron chi connectivity index (χ3n) is 8.43. The van der Waals surface area contributed by atoms with E-state index in [-0.39, 0.29) is 17.4 Å². The quantitative estimate of drug-likeness (QED) is 0.528. The van der Waals surface area contributed by atoms with Gasteiger partial charge >= 0.3 is 0 Å². The third kappa shape index (κ3) is 4.59. The lowest BCUT2D eigenvalue weighted by molar-refractivity contribution is 0.0545. The number of nitrogens with zero attached hydrogens (tertiary/aromatic N) is 5. The minimum atomic E-state index is -2.62. The second kappa shape index (κ2) is 9.67. The maximum Gasteiger partial charge on any atom is 0.267 e. The van der Waals surface area contributed by atoms with Gasteiger partial charge in [-0.3, -0.25) is 4.68 Å². The van der Waals surface area contributed by atoms with Gasteiger partial charge in [-0.05, 0) is 68.1 Å². The molecule has 3 aliphatic rings. The summed E-state index contributed by atoms with van der Waals surface area (Å²) in [6, 6.07) is 5.45. The summed E-state index contributed by atoms with van der Waals surface area (Å²) in [5, 5.41) is 17.4. The predicted octanol–water partition coefficient (Wildman–Crippen LogP) is 4.83. The zero-order valence-electron chi connectivity index (χ0n) is 21.0. The summed E-state index contributed by atoms with van der Waals surface area (Å²) in [4.78, 5) is 2.61. The van der Waals surface area contributed by atoms with E-state index in [2.05, 4.69) is 25.5 Å². The van der Waals surface area contributed by atoms with Crippen LogP contribution in [0.2, 0.25) is 0 Å². The lowest BCUT2D eigenvalue weighted by atomic mass is 10.00. The zero-order valence-corrected chi connectivity index (χ0v) is 21.0. The van der Waals surface area contributed by atoms with Gasteiger partial charge in [0.25, 0.3) is 6.43 Å². The number of aromatic nitrogens is 4. The average molecular weight is 497 g/mol. The van der Waals surface area contributed by atoms with E-state index in [4.69, 9.17) is 4.74 Å². The van der Waals surface area contributed by atoms with Crippen LogP contribution < -0.4 is 5.32 Å². The summed E-state index contributed by atoms with van der Waals surface area (Å²) < 4.78 is 35.5. The smallest absolute Gasteiger partial charge is 0.267 e. The first-order chi connectivity index (χ1) is 17.4. The predicted molar refractivity (Wildman–Crippen MR) is 135 cm³/mol. The number of benzene rings is 1. The maximum absolute atomic E-state index is 14.1. The van der Waals surface area contributed by atoms with E-state index in [0.717, 1.165) is 79.9 Å². The monoisotopic (exact) mass is 496 g/mol. The topological polar surface area (TPSA) is 68.1 Å². The molecule has 1 saturated carbocycles. The molecule has 0 amide bonds. The van der Waals surface area contributed by atoms with E-state index in [0.29, 0.717) is 17.5 Å². The normalized spacial score (nSPS) is 25.2. The maximum atomic E-state index is 14.1. The number of hydrogen-bond acceptors (Lipinski definition) is 6. The lowest BCUT2D eigenvalue weighted by Gasteiger charge is -2.28. The Morgan fingerprint density at radius 3 is 2.58 bits per heavy atom. The molecule has 0 bridgehead atoms. The molecule has 4 heterocycles. The van der Waals surface area contributed by atoms with E-state index >= 15 is 0 Å². The van der Waals surface area contributed by atoms with Crippen molar-refractivity contribution in [2.24, 2.45) is 24.8 Å². The van der Waals surface area contributed by atoms with Crippen LogP contribution in [0.3, 0.4) is 0 Å². The summed E-state index contributed by atoms with van der Waals surface area (Å²) in [5.41, 5.74) is 3.02. The van der Waals surface area contributed by atoms with E-state index in [1.165, 1.54) is 12.6 Å². The van der Waals surface area contributed by atoms with Gasteiger partial charge in [-0.15, -0.1) is 10.2 Å². The fourth-order valence-electron chi connectivity index (χ4n) is 6.60. The minimum Gasteiger partial charge on any atom is -0.381 e. The van der Waals surface area contributed by atoms with Crippen LogP contribution in [0, 0.1) is 24.7 Å². The molecule has 1 aromatic carbocycles. The molecule has 0 spiro atoms. The second-order valence-corrected chi connectivity index (χ2v) is 10.9. The Morgan fingerprint density at radius 1 is 1.11 bits per heavy atom. The molecule has 9 heteroatoms. The largest absolute Gasteiger partial charge is 0.381 e. The summed E-state index contributed by atoms with van der Waals surface area (Å²) in [6.07, 6.45) is 3.64. The van der Waals surface area contributed by atoms with Crippen LogP contribution in [0.25, 0.3) is 22.2 Å². The molecule has 2 saturated heterocycles. The first kappa shape index (κ1) is 23.7. The molecule has 1 N–H and O–H groups in total. The standard InChI is InChI=1S/C27H34F2N6O/c1-16-21(3-4-24-23(16)15-34(2)33-24)25-11-22(26(28)29)27(32-31-25)30-20-9-18-13-35(14-19(18)10-20)12-17-5-7-36-8-6-17/h3-4,11,15,17-20,26H,5-10,12-14H2,1-2H3,(H,30,32). The number of aryl methyl sites for hydroxylation is 2. The molecule has 192 valence electrons. The highest BCUT2D eigenvalue weighted by Crippen LogP contribution is 2.41. The van der Waals surface area contributed by atoms with Gasteiger partial charge in [-0.2, -0.15) is 5.10 Å². The molecule has 3 fully saturated rings. The number of ether oxygens (including phenoxy) is 1. The Balaban J connectivity index is 1.14. The van der Waals surface area contributed by atoms with Gasteiger partial charge in [-0.1, -0.05) is 6.07 Å². The van der Waals surface area contributed by atoms with Crippen molar-refractivity contribution >= 4 is 16.7 Å². The molecule has 36 heavy (non-hydrogen) atoms. The first-order valence-electron chi connectivity index (χ1n) is 13.1. The van der Waals surface area contributed by atoms with Crippen LogP contribution in [0.5, 0.6) is 0 Å². The van der Waals surface area contributed by atoms with Gasteiger partial charge in [0.15, 0.2) is 5.82 Å². The van der Waals surface area contributed by atoms with Gasteiger partial charge in [-0.25, -0.2) is 8.78 Å². The van der Waals surface area contributed by atoms with Crippen molar-refractivity contribution in [1.82, 2.24) is 24.9 Å². The van der Waals surface area contributed by atoms with Crippen molar-refractivity contribution in [3.05, 3.63) is 35.5 Å². The van der Waals surface area contributed by atoms with E-state index in [9.17, 15) is 8.78 Å². The number of fused-ring (bicyclic) bond motifs is 2. The van der Waals surface area contributed by atoms with Crippen molar-refractivity contribution < 1.29 is 13.5 Å². The number of halogens is 2. The van der Waals surface area contributed by atoms with Crippen molar-refractivity contribution in [1.29, 1.82) is 0 Å². The third-order valence-corrected chi connectivity index (χ3v) is 8.43. The lowest BCUT2D eigenvalue weighted by Crippen LogP contribution is -2.32. The first-order valence-corrected chi connectivity index (χ1v) is 13.1. The summed E-state index contributed by atoms with van der Waals surface area (Å²) in [7, 11) is 1.87. The molecule has 2 atom stereocenters. The minimum absolute atomic E-state index is 0.0797. The van der Waals surface area contributed by atoms with Crippen molar-refractivity contribution in [2.75, 3.05) is 38.2 Å². The zero-order chi connectivity index (χ0) is 24.8. The van der Waals surface area contributed by atoms with Gasteiger partial charge in [0, 0.05) is 63.1 Å². The Labute approximate surface area is 210 Å². The molecular formula is C27H34F2N6O. The average Bonchev–Trinajstić information content (AvgIpc) is 3.53. The van der Waals surface area contributed by atoms with Crippen LogP contribution in [-0.2, 0) is 11.8 Å². The van der Waals surface area contributed by atoms with Crippen LogP contribution in [-0.4, -0.2) is 63.8 Å². The summed E-state index contributed by atoms with van der Waals surface area (Å²) in [6.45, 7) is 7.15. The Bertz CT molecular complexity index is 1230. The fourth-order valence-corrected chi connectivity index (χ4v) is 6.60. The van der Waals surface area contributed by atoms with Crippen LogP contribution >= 0.6 is 0 Å². The number of likely N-dealkylation sites (tertiary alicyclic amines) is 1. The Kier molecular flexibility index (Phi) is 6.37. The Morgan fingerprint density at radius 2 is 1.86 bits per heavy atom. The van der Waals surface area contributed by atoms with Gasteiger partial charge in [0.2, 0.25) is 0 Å². The fraction of sp³-hybridized carbons (Fsp3) is 0.593. The number of nitrogens with one attached hydrogen (secondary N) is 1. The van der Waals surface area contributed by atoms with Gasteiger partial charge in [0.1, 0.15) is 0 Å². The number of anilines is 1. The highest BCUT2D eigenvalue weighted by atomic mass is 19.3.